The predicted octanol–water partition coefficient (Wildman–Crippen LogP) is 6.97. The third-order valence-electron chi connectivity index (χ3n) is 12.0. The van der Waals surface area contributed by atoms with Crippen LogP contribution in [0.15, 0.2) is 46.3 Å². The molecule has 2 N–H and O–H groups in total. The van der Waals surface area contributed by atoms with Gasteiger partial charge < -0.3 is 10.5 Å². The average Bonchev–Trinajstić information content (AvgIpc) is 2.83. The Morgan fingerprint density at radius 2 is 1.72 bits per heavy atom. The summed E-state index contributed by atoms with van der Waals surface area (Å²) < 4.78 is 5.76. The second kappa shape index (κ2) is 7.95. The second-order valence-corrected chi connectivity index (χ2v) is 13.5. The van der Waals surface area contributed by atoms with Crippen LogP contribution >= 0.6 is 0 Å². The van der Waals surface area contributed by atoms with Crippen LogP contribution in [0.1, 0.15) is 99.8 Å². The van der Waals surface area contributed by atoms with E-state index in [1.54, 1.807) is 0 Å². The average molecular weight is 492 g/mol. The Bertz CT molecular complexity index is 1160. The highest BCUT2D eigenvalue weighted by Gasteiger charge is 2.68. The SMILES string of the molecule is CCOC1=C(C)C2=CC=C3[C@@](C)(CC[C@@]4(CC)[C@@H]5C[C@](C)(C(N)=O)CC[C@]5(C)CC[C@]34C)C2=CC1=O. The number of rotatable bonds is 4. The predicted molar refractivity (Wildman–Crippen MR) is 144 cm³/mol. The van der Waals surface area contributed by atoms with Crippen LogP contribution in [0.4, 0.5) is 0 Å². The molecule has 196 valence electrons. The van der Waals surface area contributed by atoms with Crippen molar-refractivity contribution >= 4 is 11.7 Å². The summed E-state index contributed by atoms with van der Waals surface area (Å²) in [6.07, 6.45) is 15.0. The van der Waals surface area contributed by atoms with Gasteiger partial charge in [0.15, 0.2) is 5.76 Å². The fraction of sp³-hybridized carbons (Fsp3) is 0.688. The van der Waals surface area contributed by atoms with E-state index in [4.69, 9.17) is 10.5 Å². The molecule has 5 aliphatic rings. The highest BCUT2D eigenvalue weighted by Crippen LogP contribution is 2.76. The monoisotopic (exact) mass is 491 g/mol. The number of amides is 1. The summed E-state index contributed by atoms with van der Waals surface area (Å²) in [5.74, 6) is 0.830. The summed E-state index contributed by atoms with van der Waals surface area (Å²) in [6.45, 7) is 16.3. The maximum Gasteiger partial charge on any atom is 0.223 e. The zero-order chi connectivity index (χ0) is 26.3. The van der Waals surface area contributed by atoms with E-state index < -0.39 is 5.41 Å². The summed E-state index contributed by atoms with van der Waals surface area (Å²) in [5.41, 5.74) is 10.6. The van der Waals surface area contributed by atoms with Crippen LogP contribution in [-0.4, -0.2) is 18.3 Å². The molecular formula is C32H45NO3. The van der Waals surface area contributed by atoms with Gasteiger partial charge in [-0.1, -0.05) is 52.3 Å². The molecule has 36 heavy (non-hydrogen) atoms. The third kappa shape index (κ3) is 3.05. The Hall–Kier alpha value is -2.10. The number of fused-ring (bicyclic) bond motifs is 7. The van der Waals surface area contributed by atoms with Crippen molar-refractivity contribution < 1.29 is 14.3 Å². The van der Waals surface area contributed by atoms with E-state index in [0.717, 1.165) is 56.1 Å². The van der Waals surface area contributed by atoms with E-state index in [0.29, 0.717) is 18.3 Å². The fourth-order valence-corrected chi connectivity index (χ4v) is 9.56. The summed E-state index contributed by atoms with van der Waals surface area (Å²) in [4.78, 5) is 25.8. The van der Waals surface area contributed by atoms with Crippen molar-refractivity contribution in [2.45, 2.75) is 99.8 Å². The molecule has 5 rings (SSSR count). The molecule has 0 unspecified atom stereocenters. The first kappa shape index (κ1) is 25.5. The number of nitrogens with two attached hydrogens (primary N) is 1. The summed E-state index contributed by atoms with van der Waals surface area (Å²) >= 11 is 0. The Labute approximate surface area is 217 Å². The Balaban J connectivity index is 1.65. The number of carbonyl (C=O) groups is 2. The van der Waals surface area contributed by atoms with Gasteiger partial charge in [0.05, 0.1) is 6.61 Å². The van der Waals surface area contributed by atoms with Crippen molar-refractivity contribution in [3.63, 3.8) is 0 Å². The van der Waals surface area contributed by atoms with Crippen LogP contribution in [0.25, 0.3) is 0 Å². The molecule has 4 heteroatoms. The molecule has 0 aliphatic heterocycles. The van der Waals surface area contributed by atoms with Crippen LogP contribution in [0.3, 0.4) is 0 Å². The topological polar surface area (TPSA) is 69.4 Å². The van der Waals surface area contributed by atoms with E-state index >= 15 is 0 Å². The van der Waals surface area contributed by atoms with Crippen molar-refractivity contribution in [3.05, 3.63) is 46.3 Å². The van der Waals surface area contributed by atoms with Gasteiger partial charge >= 0.3 is 0 Å². The number of ketones is 1. The van der Waals surface area contributed by atoms with Crippen molar-refractivity contribution in [3.8, 4) is 0 Å². The molecule has 0 aromatic heterocycles. The van der Waals surface area contributed by atoms with Gasteiger partial charge in [0.2, 0.25) is 11.7 Å². The number of hydrogen-bond donors (Lipinski definition) is 1. The van der Waals surface area contributed by atoms with Crippen molar-refractivity contribution in [1.29, 1.82) is 0 Å². The van der Waals surface area contributed by atoms with Gasteiger partial charge in [0.25, 0.3) is 0 Å². The highest BCUT2D eigenvalue weighted by atomic mass is 16.5. The maximum atomic E-state index is 13.2. The van der Waals surface area contributed by atoms with E-state index in [1.165, 1.54) is 17.6 Å². The standard InChI is InChI=1S/C32H45NO3/c1-8-32-17-15-30(6)22-18-23(34)26(36-9-2)20(3)21(22)10-11-24(30)31(32,7)16-14-28(4)12-13-29(5,27(33)35)19-25(28)32/h10-11,18,25H,8-9,12-17,19H2,1-7H3,(H2,33,35)/t25-,28-,29-,30+,31-,32+/m1/s1. The molecule has 0 saturated heterocycles. The largest absolute Gasteiger partial charge is 0.489 e. The van der Waals surface area contributed by atoms with Crippen molar-refractivity contribution in [2.75, 3.05) is 6.61 Å². The number of primary amides is 1. The zero-order valence-electron chi connectivity index (χ0n) is 23.5. The molecular weight excluding hydrogens is 446 g/mol. The van der Waals surface area contributed by atoms with Crippen molar-refractivity contribution in [2.24, 2.45) is 38.7 Å². The smallest absolute Gasteiger partial charge is 0.223 e. The first-order valence-electron chi connectivity index (χ1n) is 14.2. The van der Waals surface area contributed by atoms with Crippen LogP contribution in [0.5, 0.6) is 0 Å². The lowest BCUT2D eigenvalue weighted by Gasteiger charge is -2.71. The molecule has 5 aliphatic carbocycles. The van der Waals surface area contributed by atoms with E-state index in [-0.39, 0.29) is 33.4 Å². The quantitative estimate of drug-likeness (QED) is 0.462. The molecule has 0 radical (unpaired) electrons. The normalized spacial score (nSPS) is 43.8. The molecule has 0 bridgehead atoms. The van der Waals surface area contributed by atoms with E-state index in [9.17, 15) is 9.59 Å². The second-order valence-electron chi connectivity index (χ2n) is 13.5. The van der Waals surface area contributed by atoms with Crippen LogP contribution < -0.4 is 5.73 Å². The zero-order valence-corrected chi connectivity index (χ0v) is 23.5. The number of ether oxygens (including phenoxy) is 1. The molecule has 0 spiro atoms. The van der Waals surface area contributed by atoms with Crippen molar-refractivity contribution in [1.82, 2.24) is 0 Å². The minimum Gasteiger partial charge on any atom is -0.489 e. The molecule has 6 atom stereocenters. The maximum absolute atomic E-state index is 13.2. The van der Waals surface area contributed by atoms with Gasteiger partial charge in [-0.25, -0.2) is 0 Å². The molecule has 0 heterocycles. The Kier molecular flexibility index (Phi) is 5.64. The lowest BCUT2D eigenvalue weighted by atomic mass is 9.33. The first-order valence-corrected chi connectivity index (χ1v) is 14.2. The molecule has 3 saturated carbocycles. The first-order chi connectivity index (χ1) is 16.8. The van der Waals surface area contributed by atoms with Gasteiger partial charge in [0.1, 0.15) is 0 Å². The minimum atomic E-state index is -0.421. The van der Waals surface area contributed by atoms with Gasteiger partial charge in [-0.2, -0.15) is 0 Å². The van der Waals surface area contributed by atoms with Gasteiger partial charge in [-0.3, -0.25) is 9.59 Å². The van der Waals surface area contributed by atoms with E-state index in [1.807, 2.05) is 19.9 Å². The van der Waals surface area contributed by atoms with Gasteiger partial charge in [0, 0.05) is 16.4 Å². The third-order valence-corrected chi connectivity index (χ3v) is 12.0. The Morgan fingerprint density at radius 1 is 1.03 bits per heavy atom. The lowest BCUT2D eigenvalue weighted by molar-refractivity contribution is -0.176. The Morgan fingerprint density at radius 3 is 2.36 bits per heavy atom. The summed E-state index contributed by atoms with van der Waals surface area (Å²) in [6, 6.07) is 0. The number of allylic oxidation sites excluding steroid dienone is 7. The van der Waals surface area contributed by atoms with E-state index in [2.05, 4.69) is 46.8 Å². The van der Waals surface area contributed by atoms with Gasteiger partial charge in [-0.05, 0) is 105 Å². The molecule has 0 aromatic carbocycles. The summed E-state index contributed by atoms with van der Waals surface area (Å²) in [5, 5.41) is 0. The van der Waals surface area contributed by atoms with Crippen LogP contribution in [0.2, 0.25) is 0 Å². The molecule has 1 amide bonds. The van der Waals surface area contributed by atoms with Crippen LogP contribution in [-0.2, 0) is 14.3 Å². The highest BCUT2D eigenvalue weighted by molar-refractivity contribution is 6.07. The minimum absolute atomic E-state index is 0.00202. The fourth-order valence-electron chi connectivity index (χ4n) is 9.56. The molecule has 0 aromatic rings. The number of carbonyl (C=O) groups excluding carboxylic acids is 2. The van der Waals surface area contributed by atoms with Crippen LogP contribution in [0, 0.1) is 33.0 Å². The lowest BCUT2D eigenvalue weighted by Crippen LogP contribution is -2.63. The summed E-state index contributed by atoms with van der Waals surface area (Å²) in [7, 11) is 0. The molecule has 4 nitrogen and oxygen atoms in total. The molecule has 3 fully saturated rings. The number of hydrogen-bond acceptors (Lipinski definition) is 3. The van der Waals surface area contributed by atoms with Gasteiger partial charge in [-0.15, -0.1) is 0 Å².